The molecular formula is C12H13NO4. The number of esters is 1. The van der Waals surface area contributed by atoms with Crippen LogP contribution in [0.25, 0.3) is 5.57 Å². The fraction of sp³-hybridized carbons (Fsp3) is 0.250. The first-order valence-electron chi connectivity index (χ1n) is 5.11. The monoisotopic (exact) mass is 235 g/mol. The number of ether oxygens (including phenoxy) is 1. The molecule has 0 bridgehead atoms. The Morgan fingerprint density at radius 1 is 1.53 bits per heavy atom. The van der Waals surface area contributed by atoms with Crippen LogP contribution in [0, 0.1) is 10.1 Å². The first kappa shape index (κ1) is 12.9. The molecule has 0 radical (unpaired) electrons. The van der Waals surface area contributed by atoms with Gasteiger partial charge in [0.15, 0.2) is 0 Å². The average Bonchev–Trinajstić information content (AvgIpc) is 2.35. The van der Waals surface area contributed by atoms with Crippen molar-refractivity contribution in [3.8, 4) is 0 Å². The quantitative estimate of drug-likeness (QED) is 0.348. The van der Waals surface area contributed by atoms with Gasteiger partial charge in [-0.2, -0.15) is 0 Å². The highest BCUT2D eigenvalue weighted by molar-refractivity contribution is 5.91. The number of nitro groups is 1. The van der Waals surface area contributed by atoms with Crippen LogP contribution in [0.4, 0.5) is 5.69 Å². The number of benzene rings is 1. The maximum Gasteiger partial charge on any atom is 0.330 e. The lowest BCUT2D eigenvalue weighted by atomic mass is 10.0. The molecule has 0 aliphatic heterocycles. The number of nitro benzene ring substituents is 1. The molecule has 0 atom stereocenters. The number of allylic oxidation sites excluding steroid dienone is 1. The molecule has 1 aromatic carbocycles. The number of rotatable bonds is 4. The molecule has 0 fully saturated rings. The Labute approximate surface area is 98.9 Å². The average molecular weight is 235 g/mol. The minimum atomic E-state index is -0.464. The van der Waals surface area contributed by atoms with Crippen LogP contribution in [-0.2, 0) is 9.53 Å². The van der Waals surface area contributed by atoms with Gasteiger partial charge in [-0.3, -0.25) is 10.1 Å². The van der Waals surface area contributed by atoms with E-state index in [9.17, 15) is 14.9 Å². The van der Waals surface area contributed by atoms with E-state index in [1.54, 1.807) is 12.1 Å². The number of methoxy groups -OCH3 is 1. The topological polar surface area (TPSA) is 69.4 Å². The molecule has 0 aromatic heterocycles. The molecule has 0 heterocycles. The molecule has 0 saturated carbocycles. The van der Waals surface area contributed by atoms with Crippen LogP contribution < -0.4 is 0 Å². The Morgan fingerprint density at radius 2 is 2.24 bits per heavy atom. The Hall–Kier alpha value is -2.17. The van der Waals surface area contributed by atoms with Crippen molar-refractivity contribution in [1.29, 1.82) is 0 Å². The van der Waals surface area contributed by atoms with Crippen molar-refractivity contribution in [3.05, 3.63) is 46.0 Å². The first-order valence-corrected chi connectivity index (χ1v) is 5.11. The predicted octanol–water partition coefficient (Wildman–Crippen LogP) is 2.56. The van der Waals surface area contributed by atoms with Gasteiger partial charge in [-0.25, -0.2) is 4.79 Å². The highest BCUT2D eigenvalue weighted by atomic mass is 16.6. The van der Waals surface area contributed by atoms with Crippen LogP contribution in [-0.4, -0.2) is 18.0 Å². The summed E-state index contributed by atoms with van der Waals surface area (Å²) < 4.78 is 4.53. The molecule has 1 rings (SSSR count). The first-order chi connectivity index (χ1) is 8.08. The molecule has 5 nitrogen and oxygen atoms in total. The van der Waals surface area contributed by atoms with Gasteiger partial charge >= 0.3 is 5.97 Å². The summed E-state index contributed by atoms with van der Waals surface area (Å²) in [6.07, 6.45) is 1.94. The Kier molecular flexibility index (Phi) is 4.39. The van der Waals surface area contributed by atoms with Gasteiger partial charge in [0.1, 0.15) is 0 Å². The second-order valence-corrected chi connectivity index (χ2v) is 3.35. The fourth-order valence-corrected chi connectivity index (χ4v) is 1.41. The normalized spacial score (nSPS) is 11.1. The Bertz CT molecular complexity index is 465. The molecule has 90 valence electrons. The summed E-state index contributed by atoms with van der Waals surface area (Å²) in [7, 11) is 1.29. The summed E-state index contributed by atoms with van der Waals surface area (Å²) in [5.74, 6) is -0.464. The van der Waals surface area contributed by atoms with Crippen molar-refractivity contribution >= 4 is 17.2 Å². The maximum atomic E-state index is 11.1. The smallest absolute Gasteiger partial charge is 0.330 e. The van der Waals surface area contributed by atoms with E-state index in [0.29, 0.717) is 17.6 Å². The van der Waals surface area contributed by atoms with E-state index >= 15 is 0 Å². The molecule has 1 aromatic rings. The molecule has 0 unspecified atom stereocenters. The molecule has 0 aliphatic carbocycles. The zero-order chi connectivity index (χ0) is 12.8. The Morgan fingerprint density at radius 3 is 2.76 bits per heavy atom. The van der Waals surface area contributed by atoms with E-state index in [0.717, 1.165) is 0 Å². The van der Waals surface area contributed by atoms with E-state index in [1.165, 1.54) is 25.3 Å². The van der Waals surface area contributed by atoms with Gasteiger partial charge in [-0.05, 0) is 17.6 Å². The standard InChI is InChI=1S/C12H13NO4/c1-3-9(8-12(14)17-2)10-5-4-6-11(7-10)13(15)16/h4-8H,3H2,1-2H3/b9-8+. The predicted molar refractivity (Wildman–Crippen MR) is 63.4 cm³/mol. The number of carbonyl (C=O) groups is 1. The largest absolute Gasteiger partial charge is 0.466 e. The molecule has 0 saturated heterocycles. The summed E-state index contributed by atoms with van der Waals surface area (Å²) in [5, 5.41) is 10.6. The van der Waals surface area contributed by atoms with Crippen LogP contribution >= 0.6 is 0 Å². The second-order valence-electron chi connectivity index (χ2n) is 3.35. The minimum Gasteiger partial charge on any atom is -0.466 e. The minimum absolute atomic E-state index is 0.00622. The summed E-state index contributed by atoms with van der Waals surface area (Å²) >= 11 is 0. The lowest BCUT2D eigenvalue weighted by Gasteiger charge is -2.04. The lowest BCUT2D eigenvalue weighted by molar-refractivity contribution is -0.384. The van der Waals surface area contributed by atoms with E-state index in [-0.39, 0.29) is 5.69 Å². The molecule has 17 heavy (non-hydrogen) atoms. The van der Waals surface area contributed by atoms with Gasteiger partial charge in [-0.15, -0.1) is 0 Å². The number of carbonyl (C=O) groups excluding carboxylic acids is 1. The summed E-state index contributed by atoms with van der Waals surface area (Å²) in [6.45, 7) is 1.87. The summed E-state index contributed by atoms with van der Waals surface area (Å²) in [5.41, 5.74) is 1.37. The van der Waals surface area contributed by atoms with E-state index in [4.69, 9.17) is 0 Å². The van der Waals surface area contributed by atoms with Gasteiger partial charge < -0.3 is 4.74 Å². The fourth-order valence-electron chi connectivity index (χ4n) is 1.41. The molecule has 0 N–H and O–H groups in total. The van der Waals surface area contributed by atoms with Crippen LogP contribution in [0.1, 0.15) is 18.9 Å². The SMILES string of the molecule is CC/C(=C\C(=O)OC)c1cccc([N+](=O)[O-])c1. The Balaban J connectivity index is 3.12. The molecule has 0 aliphatic rings. The van der Waals surface area contributed by atoms with Crippen LogP contribution in [0.3, 0.4) is 0 Å². The lowest BCUT2D eigenvalue weighted by Crippen LogP contribution is -1.97. The molecular weight excluding hydrogens is 222 g/mol. The van der Waals surface area contributed by atoms with E-state index in [2.05, 4.69) is 4.74 Å². The summed E-state index contributed by atoms with van der Waals surface area (Å²) in [4.78, 5) is 21.3. The summed E-state index contributed by atoms with van der Waals surface area (Å²) in [6, 6.07) is 6.17. The van der Waals surface area contributed by atoms with Crippen molar-refractivity contribution < 1.29 is 14.5 Å². The van der Waals surface area contributed by atoms with Crippen molar-refractivity contribution in [2.45, 2.75) is 13.3 Å². The number of hydrogen-bond acceptors (Lipinski definition) is 4. The van der Waals surface area contributed by atoms with Crippen LogP contribution in [0.5, 0.6) is 0 Å². The highest BCUT2D eigenvalue weighted by Crippen LogP contribution is 2.22. The third-order valence-corrected chi connectivity index (χ3v) is 2.30. The zero-order valence-electron chi connectivity index (χ0n) is 9.67. The van der Waals surface area contributed by atoms with Crippen molar-refractivity contribution in [2.24, 2.45) is 0 Å². The number of nitrogens with zero attached hydrogens (tertiary/aromatic N) is 1. The molecule has 0 amide bonds. The third kappa shape index (κ3) is 3.41. The van der Waals surface area contributed by atoms with Gasteiger partial charge in [-0.1, -0.05) is 19.1 Å². The van der Waals surface area contributed by atoms with Gasteiger partial charge in [0, 0.05) is 18.2 Å². The zero-order valence-corrected chi connectivity index (χ0v) is 9.67. The van der Waals surface area contributed by atoms with Gasteiger partial charge in [0.25, 0.3) is 5.69 Å². The molecule has 5 heteroatoms. The number of hydrogen-bond donors (Lipinski definition) is 0. The third-order valence-electron chi connectivity index (χ3n) is 2.30. The van der Waals surface area contributed by atoms with E-state index < -0.39 is 10.9 Å². The van der Waals surface area contributed by atoms with Crippen molar-refractivity contribution in [2.75, 3.05) is 7.11 Å². The van der Waals surface area contributed by atoms with Gasteiger partial charge in [0.2, 0.25) is 0 Å². The second kappa shape index (κ2) is 5.79. The van der Waals surface area contributed by atoms with E-state index in [1.807, 2.05) is 6.92 Å². The highest BCUT2D eigenvalue weighted by Gasteiger charge is 2.09. The van der Waals surface area contributed by atoms with Gasteiger partial charge in [0.05, 0.1) is 12.0 Å². The van der Waals surface area contributed by atoms with Crippen molar-refractivity contribution in [3.63, 3.8) is 0 Å². The molecule has 0 spiro atoms. The maximum absolute atomic E-state index is 11.1. The van der Waals surface area contributed by atoms with Crippen LogP contribution in [0.15, 0.2) is 30.3 Å². The number of non-ortho nitro benzene ring substituents is 1. The van der Waals surface area contributed by atoms with Crippen LogP contribution in [0.2, 0.25) is 0 Å². The van der Waals surface area contributed by atoms with Crippen molar-refractivity contribution in [1.82, 2.24) is 0 Å².